The van der Waals surface area contributed by atoms with Crippen molar-refractivity contribution in [3.8, 4) is 0 Å². The van der Waals surface area contributed by atoms with E-state index in [9.17, 15) is 4.91 Å². The maximum atomic E-state index is 10.0. The monoisotopic (exact) mass is 214 g/mol. The van der Waals surface area contributed by atoms with Gasteiger partial charge in [0, 0.05) is 18.9 Å². The van der Waals surface area contributed by atoms with Gasteiger partial charge >= 0.3 is 0 Å². The maximum Gasteiger partial charge on any atom is 0.0852 e. The van der Waals surface area contributed by atoms with Crippen molar-refractivity contribution in [2.75, 3.05) is 6.54 Å². The third kappa shape index (κ3) is 2.79. The van der Waals surface area contributed by atoms with Crippen LogP contribution in [-0.4, -0.2) is 11.1 Å². The number of nitrogens with zero attached hydrogens (tertiary/aromatic N) is 2. The summed E-state index contributed by atoms with van der Waals surface area (Å²) in [5.41, 5.74) is 2.44. The van der Waals surface area contributed by atoms with Crippen LogP contribution in [0.1, 0.15) is 11.1 Å². The van der Waals surface area contributed by atoms with Gasteiger partial charge in [-0.2, -0.15) is 4.91 Å². The molecule has 0 aliphatic heterocycles. The summed E-state index contributed by atoms with van der Waals surface area (Å²) in [4.78, 5) is 10.0. The van der Waals surface area contributed by atoms with Gasteiger partial charge in [0.05, 0.1) is 6.54 Å². The van der Waals surface area contributed by atoms with Gasteiger partial charge in [-0.15, -0.1) is 0 Å². The molecule has 0 aliphatic carbocycles. The summed E-state index contributed by atoms with van der Waals surface area (Å²) in [6.07, 6.45) is 4.83. The molecule has 0 aliphatic rings. The molecule has 1 aromatic heterocycles. The van der Waals surface area contributed by atoms with Crippen molar-refractivity contribution < 1.29 is 0 Å². The van der Waals surface area contributed by atoms with E-state index in [1.165, 1.54) is 5.56 Å². The van der Waals surface area contributed by atoms with E-state index in [-0.39, 0.29) is 0 Å². The molecular weight excluding hydrogens is 200 g/mol. The minimum Gasteiger partial charge on any atom is -0.350 e. The Bertz CT molecular complexity index is 448. The van der Waals surface area contributed by atoms with Gasteiger partial charge in [-0.1, -0.05) is 35.5 Å². The molecule has 0 spiro atoms. The zero-order chi connectivity index (χ0) is 11.2. The Balaban J connectivity index is 2.00. The highest BCUT2D eigenvalue weighted by molar-refractivity contribution is 5.17. The molecule has 82 valence electrons. The number of hydrogen-bond donors (Lipinski definition) is 0. The number of hydrogen-bond acceptors (Lipinski definition) is 2. The third-order valence-electron chi connectivity index (χ3n) is 2.51. The van der Waals surface area contributed by atoms with Crippen molar-refractivity contribution in [1.29, 1.82) is 0 Å². The van der Waals surface area contributed by atoms with Gasteiger partial charge < -0.3 is 4.57 Å². The summed E-state index contributed by atoms with van der Waals surface area (Å²) >= 11 is 0. The fourth-order valence-electron chi connectivity index (χ4n) is 1.71. The molecule has 0 N–H and O–H groups in total. The van der Waals surface area contributed by atoms with E-state index in [1.54, 1.807) is 0 Å². The van der Waals surface area contributed by atoms with Gasteiger partial charge in [0.15, 0.2) is 0 Å². The molecule has 0 saturated heterocycles. The molecule has 0 amide bonds. The molecule has 0 bridgehead atoms. The standard InChI is InChI=1S/C13H14N2O/c16-14-8-6-13-7-9-15(11-13)10-12-4-2-1-3-5-12/h1-5,7,9,11H,6,8,10H2. The average Bonchev–Trinajstić information content (AvgIpc) is 2.75. The van der Waals surface area contributed by atoms with E-state index in [2.05, 4.69) is 28.1 Å². The normalized spacial score (nSPS) is 10.2. The average molecular weight is 214 g/mol. The molecule has 0 saturated carbocycles. The van der Waals surface area contributed by atoms with Crippen molar-refractivity contribution in [3.05, 3.63) is 64.8 Å². The molecule has 0 radical (unpaired) electrons. The summed E-state index contributed by atoms with van der Waals surface area (Å²) in [5, 5.41) is 2.86. The zero-order valence-corrected chi connectivity index (χ0v) is 9.04. The smallest absolute Gasteiger partial charge is 0.0852 e. The number of nitroso groups, excluding NO2 is 1. The van der Waals surface area contributed by atoms with Crippen LogP contribution in [0.5, 0.6) is 0 Å². The molecule has 1 heterocycles. The van der Waals surface area contributed by atoms with Crippen molar-refractivity contribution in [3.63, 3.8) is 0 Å². The van der Waals surface area contributed by atoms with Crippen molar-refractivity contribution in [1.82, 2.24) is 4.57 Å². The summed E-state index contributed by atoms with van der Waals surface area (Å²) in [6.45, 7) is 1.23. The summed E-state index contributed by atoms with van der Waals surface area (Å²) < 4.78 is 2.12. The van der Waals surface area contributed by atoms with Gasteiger partial charge in [-0.05, 0) is 23.6 Å². The van der Waals surface area contributed by atoms with Gasteiger partial charge in [0.1, 0.15) is 0 Å². The van der Waals surface area contributed by atoms with Crippen molar-refractivity contribution in [2.24, 2.45) is 5.18 Å². The van der Waals surface area contributed by atoms with Crippen LogP contribution < -0.4 is 0 Å². The summed E-state index contributed by atoms with van der Waals surface area (Å²) in [5.74, 6) is 0. The quantitative estimate of drug-likeness (QED) is 0.705. The fraction of sp³-hybridized carbons (Fsp3) is 0.231. The topological polar surface area (TPSA) is 34.4 Å². The molecule has 2 rings (SSSR count). The van der Waals surface area contributed by atoms with Gasteiger partial charge in [0.2, 0.25) is 0 Å². The summed E-state index contributed by atoms with van der Waals surface area (Å²) in [7, 11) is 0. The second-order valence-electron chi connectivity index (χ2n) is 3.78. The number of aromatic nitrogens is 1. The van der Waals surface area contributed by atoms with Crippen molar-refractivity contribution in [2.45, 2.75) is 13.0 Å². The van der Waals surface area contributed by atoms with Crippen LogP contribution in [0.25, 0.3) is 0 Å². The zero-order valence-electron chi connectivity index (χ0n) is 9.04. The van der Waals surface area contributed by atoms with E-state index in [0.29, 0.717) is 6.54 Å². The maximum absolute atomic E-state index is 10.0. The van der Waals surface area contributed by atoms with Crippen LogP contribution in [0.2, 0.25) is 0 Å². The van der Waals surface area contributed by atoms with Crippen LogP contribution in [0.4, 0.5) is 0 Å². The van der Waals surface area contributed by atoms with Crippen LogP contribution in [0.3, 0.4) is 0 Å². The predicted octanol–water partition coefficient (Wildman–Crippen LogP) is 2.85. The molecule has 0 atom stereocenters. The SMILES string of the molecule is O=NCCc1ccn(Cc2ccccc2)c1. The highest BCUT2D eigenvalue weighted by Crippen LogP contribution is 2.06. The molecule has 16 heavy (non-hydrogen) atoms. The van der Waals surface area contributed by atoms with E-state index in [4.69, 9.17) is 0 Å². The van der Waals surface area contributed by atoms with E-state index in [1.807, 2.05) is 30.5 Å². The first-order valence-electron chi connectivity index (χ1n) is 5.36. The Morgan fingerprint density at radius 1 is 1.06 bits per heavy atom. The minimum atomic E-state index is 0.356. The fourth-order valence-corrected chi connectivity index (χ4v) is 1.71. The molecule has 0 fully saturated rings. The van der Waals surface area contributed by atoms with E-state index < -0.39 is 0 Å². The number of rotatable bonds is 5. The molecule has 0 unspecified atom stereocenters. The lowest BCUT2D eigenvalue weighted by atomic mass is 10.2. The molecule has 3 heteroatoms. The molecule has 3 nitrogen and oxygen atoms in total. The molecule has 2 aromatic rings. The molecule has 1 aromatic carbocycles. The minimum absolute atomic E-state index is 0.356. The van der Waals surface area contributed by atoms with E-state index in [0.717, 1.165) is 18.5 Å². The highest BCUT2D eigenvalue weighted by Gasteiger charge is 1.98. The third-order valence-corrected chi connectivity index (χ3v) is 2.51. The van der Waals surface area contributed by atoms with Crippen LogP contribution in [-0.2, 0) is 13.0 Å². The number of benzene rings is 1. The van der Waals surface area contributed by atoms with Crippen LogP contribution >= 0.6 is 0 Å². The first-order valence-corrected chi connectivity index (χ1v) is 5.36. The highest BCUT2D eigenvalue weighted by atomic mass is 16.3. The Hall–Kier alpha value is -1.90. The van der Waals surface area contributed by atoms with Gasteiger partial charge in [-0.3, -0.25) is 0 Å². The Morgan fingerprint density at radius 2 is 1.88 bits per heavy atom. The predicted molar refractivity (Wildman–Crippen MR) is 64.3 cm³/mol. The summed E-state index contributed by atoms with van der Waals surface area (Å²) in [6, 6.07) is 12.3. The Labute approximate surface area is 94.7 Å². The Morgan fingerprint density at radius 3 is 2.62 bits per heavy atom. The lowest BCUT2D eigenvalue weighted by molar-refractivity contribution is 0.800. The van der Waals surface area contributed by atoms with Gasteiger partial charge in [0.25, 0.3) is 0 Å². The second kappa shape index (κ2) is 5.26. The largest absolute Gasteiger partial charge is 0.350 e. The van der Waals surface area contributed by atoms with E-state index >= 15 is 0 Å². The molecular formula is C13H14N2O. The second-order valence-corrected chi connectivity index (χ2v) is 3.78. The lowest BCUT2D eigenvalue weighted by Crippen LogP contribution is -1.95. The van der Waals surface area contributed by atoms with Crippen LogP contribution in [0, 0.1) is 4.91 Å². The van der Waals surface area contributed by atoms with Crippen molar-refractivity contribution >= 4 is 0 Å². The van der Waals surface area contributed by atoms with Gasteiger partial charge in [-0.25, -0.2) is 0 Å². The lowest BCUT2D eigenvalue weighted by Gasteiger charge is -2.02. The first-order chi connectivity index (χ1) is 7.88. The first kappa shape index (κ1) is 10.6. The van der Waals surface area contributed by atoms with Crippen LogP contribution in [0.15, 0.2) is 54.0 Å². The Kier molecular flexibility index (Phi) is 3.49.